The van der Waals surface area contributed by atoms with Gasteiger partial charge in [-0.2, -0.15) is 0 Å². The van der Waals surface area contributed by atoms with Crippen molar-refractivity contribution in [1.82, 2.24) is 10.2 Å². The van der Waals surface area contributed by atoms with E-state index < -0.39 is 0 Å². The van der Waals surface area contributed by atoms with Gasteiger partial charge in [-0.25, -0.2) is 0 Å². The van der Waals surface area contributed by atoms with Gasteiger partial charge in [0.25, 0.3) is 0 Å². The Hall–Kier alpha value is -2.62. The van der Waals surface area contributed by atoms with Crippen molar-refractivity contribution in [2.45, 2.75) is 39.2 Å². The van der Waals surface area contributed by atoms with Gasteiger partial charge in [0.1, 0.15) is 0 Å². The number of carbonyl (C=O) groups excluding carboxylic acids is 2. The number of amides is 2. The lowest BCUT2D eigenvalue weighted by atomic mass is 9.96. The van der Waals surface area contributed by atoms with Crippen LogP contribution in [0.15, 0.2) is 54.6 Å². The van der Waals surface area contributed by atoms with Gasteiger partial charge >= 0.3 is 0 Å². The van der Waals surface area contributed by atoms with Gasteiger partial charge in [0.05, 0.1) is 5.92 Å². The van der Waals surface area contributed by atoms with E-state index in [1.54, 1.807) is 0 Å². The molecule has 0 saturated carbocycles. The third-order valence-corrected chi connectivity index (χ3v) is 5.32. The van der Waals surface area contributed by atoms with Crippen LogP contribution in [0.1, 0.15) is 36.0 Å². The zero-order valence-electron chi connectivity index (χ0n) is 16.0. The highest BCUT2D eigenvalue weighted by molar-refractivity contribution is 5.83. The Morgan fingerprint density at radius 2 is 1.85 bits per heavy atom. The van der Waals surface area contributed by atoms with E-state index in [2.05, 4.69) is 30.4 Å². The molecule has 1 N–H and O–H groups in total. The molecule has 2 aromatic carbocycles. The van der Waals surface area contributed by atoms with Crippen molar-refractivity contribution in [1.29, 1.82) is 0 Å². The number of carbonyl (C=O) groups is 2. The summed E-state index contributed by atoms with van der Waals surface area (Å²) in [5, 5.41) is 3.05. The molecule has 0 bridgehead atoms. The van der Waals surface area contributed by atoms with E-state index in [1.807, 2.05) is 41.3 Å². The Morgan fingerprint density at radius 3 is 2.63 bits per heavy atom. The fourth-order valence-corrected chi connectivity index (χ4v) is 3.60. The molecule has 142 valence electrons. The molecule has 2 amide bonds. The average Bonchev–Trinajstić information content (AvgIpc) is 2.69. The van der Waals surface area contributed by atoms with Crippen molar-refractivity contribution in [3.63, 3.8) is 0 Å². The van der Waals surface area contributed by atoms with Gasteiger partial charge < -0.3 is 10.2 Å². The van der Waals surface area contributed by atoms with Crippen LogP contribution in [-0.4, -0.2) is 29.8 Å². The van der Waals surface area contributed by atoms with Crippen LogP contribution in [0.5, 0.6) is 0 Å². The Morgan fingerprint density at radius 1 is 1.11 bits per heavy atom. The third-order valence-electron chi connectivity index (χ3n) is 5.32. The van der Waals surface area contributed by atoms with E-state index in [0.29, 0.717) is 25.9 Å². The number of likely N-dealkylation sites (tertiary alicyclic amines) is 1. The van der Waals surface area contributed by atoms with Crippen LogP contribution in [0.2, 0.25) is 0 Å². The van der Waals surface area contributed by atoms with Gasteiger partial charge in [0.2, 0.25) is 11.8 Å². The van der Waals surface area contributed by atoms with Gasteiger partial charge in [-0.05, 0) is 42.9 Å². The van der Waals surface area contributed by atoms with Crippen molar-refractivity contribution in [2.75, 3.05) is 13.1 Å². The van der Waals surface area contributed by atoms with E-state index in [1.165, 1.54) is 11.1 Å². The molecular weight excluding hydrogens is 336 g/mol. The molecule has 4 nitrogen and oxygen atoms in total. The molecule has 27 heavy (non-hydrogen) atoms. The molecule has 4 heteroatoms. The number of hydrogen-bond donors (Lipinski definition) is 1. The average molecular weight is 364 g/mol. The molecule has 0 unspecified atom stereocenters. The lowest BCUT2D eigenvalue weighted by Gasteiger charge is -2.32. The molecule has 0 radical (unpaired) electrons. The van der Waals surface area contributed by atoms with Gasteiger partial charge in [-0.15, -0.1) is 0 Å². The van der Waals surface area contributed by atoms with Crippen molar-refractivity contribution >= 4 is 11.8 Å². The monoisotopic (exact) mass is 364 g/mol. The first-order chi connectivity index (χ1) is 13.1. The quantitative estimate of drug-likeness (QED) is 0.818. The van der Waals surface area contributed by atoms with Crippen molar-refractivity contribution in [3.05, 3.63) is 71.3 Å². The molecule has 1 heterocycles. The minimum absolute atomic E-state index is 0.0545. The highest BCUT2D eigenvalue weighted by atomic mass is 16.2. The zero-order chi connectivity index (χ0) is 19.1. The van der Waals surface area contributed by atoms with Crippen molar-refractivity contribution < 1.29 is 9.59 Å². The van der Waals surface area contributed by atoms with E-state index in [0.717, 1.165) is 24.9 Å². The maximum atomic E-state index is 12.6. The predicted molar refractivity (Wildman–Crippen MR) is 107 cm³/mol. The topological polar surface area (TPSA) is 49.4 Å². The maximum absolute atomic E-state index is 12.6. The van der Waals surface area contributed by atoms with Gasteiger partial charge in [0, 0.05) is 26.1 Å². The first kappa shape index (κ1) is 19.2. The Labute approximate surface area is 161 Å². The smallest absolute Gasteiger partial charge is 0.225 e. The largest absolute Gasteiger partial charge is 0.352 e. The molecule has 1 saturated heterocycles. The Balaban J connectivity index is 1.47. The summed E-state index contributed by atoms with van der Waals surface area (Å²) in [6.45, 7) is 3.85. The molecule has 0 aliphatic carbocycles. The van der Waals surface area contributed by atoms with Crippen LogP contribution in [0.4, 0.5) is 0 Å². The number of hydrogen-bond acceptors (Lipinski definition) is 2. The molecule has 1 aliphatic rings. The molecule has 0 spiro atoms. The van der Waals surface area contributed by atoms with E-state index >= 15 is 0 Å². The minimum Gasteiger partial charge on any atom is -0.352 e. The van der Waals surface area contributed by atoms with Crippen molar-refractivity contribution in [2.24, 2.45) is 5.92 Å². The molecule has 2 aromatic rings. The fourth-order valence-electron chi connectivity index (χ4n) is 3.60. The number of nitrogens with zero attached hydrogens (tertiary/aromatic N) is 1. The Bertz CT molecular complexity index is 773. The second-order valence-electron chi connectivity index (χ2n) is 7.31. The number of piperidine rings is 1. The Kier molecular flexibility index (Phi) is 6.64. The summed E-state index contributed by atoms with van der Waals surface area (Å²) < 4.78 is 0. The highest BCUT2D eigenvalue weighted by Gasteiger charge is 2.29. The second-order valence-corrected chi connectivity index (χ2v) is 7.31. The molecule has 1 atom stereocenters. The fraction of sp³-hybridized carbons (Fsp3) is 0.391. The summed E-state index contributed by atoms with van der Waals surface area (Å²) in [7, 11) is 0. The number of benzene rings is 2. The minimum atomic E-state index is -0.108. The molecule has 0 aromatic heterocycles. The van der Waals surface area contributed by atoms with Crippen LogP contribution in [0.25, 0.3) is 0 Å². The summed E-state index contributed by atoms with van der Waals surface area (Å²) in [4.78, 5) is 26.7. The normalized spacial score (nSPS) is 17.0. The SMILES string of the molecule is Cc1ccccc1CNC(=O)[C@H]1CCC(=O)N(CCCc2ccccc2)C1. The summed E-state index contributed by atoms with van der Waals surface area (Å²) in [5.74, 6) is 0.119. The standard InChI is InChI=1S/C23H28N2O2/c1-18-8-5-6-12-20(18)16-24-23(27)21-13-14-22(26)25(17-21)15-7-11-19-9-3-2-4-10-19/h2-6,8-10,12,21H,7,11,13-17H2,1H3,(H,24,27)/t21-/m0/s1. The lowest BCUT2D eigenvalue weighted by molar-refractivity contribution is -0.138. The first-order valence-electron chi connectivity index (χ1n) is 9.77. The summed E-state index contributed by atoms with van der Waals surface area (Å²) in [6, 6.07) is 18.4. The number of nitrogens with one attached hydrogen (secondary N) is 1. The molecule has 1 fully saturated rings. The van der Waals surface area contributed by atoms with Gasteiger partial charge in [-0.3, -0.25) is 9.59 Å². The second kappa shape index (κ2) is 9.36. The van der Waals surface area contributed by atoms with E-state index in [-0.39, 0.29) is 17.7 Å². The summed E-state index contributed by atoms with van der Waals surface area (Å²) >= 11 is 0. The van der Waals surface area contributed by atoms with Crippen LogP contribution in [-0.2, 0) is 22.6 Å². The van der Waals surface area contributed by atoms with Crippen LogP contribution < -0.4 is 5.32 Å². The van der Waals surface area contributed by atoms with Crippen LogP contribution >= 0.6 is 0 Å². The summed E-state index contributed by atoms with van der Waals surface area (Å²) in [6.07, 6.45) is 2.99. The molecule has 1 aliphatic heterocycles. The van der Waals surface area contributed by atoms with E-state index in [4.69, 9.17) is 0 Å². The maximum Gasteiger partial charge on any atom is 0.225 e. The van der Waals surface area contributed by atoms with E-state index in [9.17, 15) is 9.59 Å². The number of aryl methyl sites for hydroxylation is 2. The number of rotatable bonds is 7. The third kappa shape index (κ3) is 5.43. The highest BCUT2D eigenvalue weighted by Crippen LogP contribution is 2.19. The van der Waals surface area contributed by atoms with Crippen molar-refractivity contribution in [3.8, 4) is 0 Å². The van der Waals surface area contributed by atoms with Gasteiger partial charge in [-0.1, -0.05) is 54.6 Å². The van der Waals surface area contributed by atoms with Crippen LogP contribution in [0, 0.1) is 12.8 Å². The summed E-state index contributed by atoms with van der Waals surface area (Å²) in [5.41, 5.74) is 3.60. The predicted octanol–water partition coefficient (Wildman–Crippen LogP) is 3.48. The zero-order valence-corrected chi connectivity index (χ0v) is 16.0. The molecular formula is C23H28N2O2. The lowest BCUT2D eigenvalue weighted by Crippen LogP contribution is -2.46. The van der Waals surface area contributed by atoms with Gasteiger partial charge in [0.15, 0.2) is 0 Å². The first-order valence-corrected chi connectivity index (χ1v) is 9.77. The molecule has 3 rings (SSSR count). The van der Waals surface area contributed by atoms with Crippen LogP contribution in [0.3, 0.4) is 0 Å².